The minimum Gasteiger partial charge on any atom is -0.463 e. The number of cyclic esters (lactones) is 1. The van der Waals surface area contributed by atoms with Crippen LogP contribution in [0.4, 0.5) is 0 Å². The Morgan fingerprint density at radius 2 is 1.92 bits per heavy atom. The molecule has 4 atom stereocenters. The Hall–Kier alpha value is -0.653. The number of hydrogen-bond acceptors (Lipinski definition) is 4. The summed E-state index contributed by atoms with van der Waals surface area (Å²) in [6, 6.07) is 0. The minimum atomic E-state index is -1.90. The van der Waals surface area contributed by atoms with Crippen LogP contribution in [0.1, 0.15) is 66.2 Å². The smallest absolute Gasteiger partial charge is 0.308 e. The van der Waals surface area contributed by atoms with Crippen molar-refractivity contribution in [3.05, 3.63) is 12.2 Å². The van der Waals surface area contributed by atoms with E-state index >= 15 is 0 Å². The van der Waals surface area contributed by atoms with Gasteiger partial charge in [0.1, 0.15) is 0 Å². The lowest BCUT2D eigenvalue weighted by molar-refractivity contribution is -0.159. The highest BCUT2D eigenvalue weighted by molar-refractivity contribution is 6.74. The molecule has 2 heterocycles. The van der Waals surface area contributed by atoms with Crippen LogP contribution in [0.3, 0.4) is 0 Å². The zero-order valence-electron chi connectivity index (χ0n) is 16.8. The Balaban J connectivity index is 2.13. The Labute approximate surface area is 154 Å². The summed E-state index contributed by atoms with van der Waals surface area (Å²) < 4.78 is 18.4. The summed E-state index contributed by atoms with van der Waals surface area (Å²) >= 11 is 0. The fraction of sp³-hybridized carbons (Fsp3) is 0.850. The van der Waals surface area contributed by atoms with Gasteiger partial charge in [-0.2, -0.15) is 0 Å². The van der Waals surface area contributed by atoms with Gasteiger partial charge in [-0.25, -0.2) is 0 Å². The number of allylic oxidation sites excluding steroid dienone is 1. The maximum Gasteiger partial charge on any atom is 0.308 e. The van der Waals surface area contributed by atoms with E-state index in [4.69, 9.17) is 13.9 Å². The average Bonchev–Trinajstić information content (AvgIpc) is 2.46. The number of carbonyl (C=O) groups is 1. The summed E-state index contributed by atoms with van der Waals surface area (Å²) in [5.41, 5.74) is 0. The fourth-order valence-electron chi connectivity index (χ4n) is 3.17. The molecule has 5 heteroatoms. The van der Waals surface area contributed by atoms with Gasteiger partial charge in [-0.3, -0.25) is 4.79 Å². The second kappa shape index (κ2) is 8.36. The van der Waals surface area contributed by atoms with Crippen molar-refractivity contribution in [3.63, 3.8) is 0 Å². The number of rotatable bonds is 2. The third-order valence-electron chi connectivity index (χ3n) is 5.78. The van der Waals surface area contributed by atoms with Crippen molar-refractivity contribution in [1.82, 2.24) is 0 Å². The zero-order valence-corrected chi connectivity index (χ0v) is 17.8. The van der Waals surface area contributed by atoms with Crippen LogP contribution < -0.4 is 0 Å². The van der Waals surface area contributed by atoms with Crippen LogP contribution in [0.5, 0.6) is 0 Å². The molecule has 0 aromatic carbocycles. The molecule has 0 aliphatic carbocycles. The van der Waals surface area contributed by atoms with Crippen molar-refractivity contribution in [3.8, 4) is 0 Å². The first-order valence-electron chi connectivity index (χ1n) is 9.78. The van der Waals surface area contributed by atoms with Crippen LogP contribution in [0.2, 0.25) is 18.1 Å². The van der Waals surface area contributed by atoms with Crippen LogP contribution in [-0.4, -0.2) is 38.7 Å². The average molecular weight is 369 g/mol. The van der Waals surface area contributed by atoms with Crippen molar-refractivity contribution in [1.29, 1.82) is 0 Å². The van der Waals surface area contributed by atoms with Crippen molar-refractivity contribution in [2.24, 2.45) is 0 Å². The quantitative estimate of drug-likeness (QED) is 0.391. The molecule has 1 fully saturated rings. The molecule has 0 N–H and O–H groups in total. The third-order valence-corrected chi connectivity index (χ3v) is 10.3. The summed E-state index contributed by atoms with van der Waals surface area (Å²) in [4.78, 5) is 12.4. The molecule has 2 bridgehead atoms. The van der Waals surface area contributed by atoms with Gasteiger partial charge in [0.2, 0.25) is 0 Å². The van der Waals surface area contributed by atoms with Gasteiger partial charge in [0, 0.05) is 0 Å². The lowest BCUT2D eigenvalue weighted by atomic mass is 9.98. The van der Waals surface area contributed by atoms with E-state index in [-0.39, 0.29) is 41.8 Å². The number of esters is 1. The van der Waals surface area contributed by atoms with E-state index in [0.29, 0.717) is 0 Å². The molecule has 0 amide bonds. The van der Waals surface area contributed by atoms with Gasteiger partial charge in [0.15, 0.2) is 8.32 Å². The topological polar surface area (TPSA) is 44.8 Å². The van der Waals surface area contributed by atoms with Crippen LogP contribution in [-0.2, 0) is 18.7 Å². The SMILES string of the molecule is C[C@H]1CCC/C=C/[C@H]2CC[C@H](O[Si](C)(C)C(C)(C)C)[C@H](CC(=O)O1)O2. The molecule has 0 aromatic heterocycles. The Bertz CT molecular complexity index is 481. The highest BCUT2D eigenvalue weighted by Gasteiger charge is 2.43. The molecule has 144 valence electrons. The standard InChI is InChI=1S/C20H36O4Si/c1-15-10-8-7-9-11-16-12-13-17(18(23-16)14-19(21)22-15)24-25(5,6)20(2,3)4/h9,11,15-18H,7-8,10,12-14H2,1-6H3/b11-9+/t15-,16-,17-,18-/m0/s1. The van der Waals surface area contributed by atoms with E-state index in [1.165, 1.54) is 0 Å². The van der Waals surface area contributed by atoms with Crippen LogP contribution >= 0.6 is 0 Å². The summed E-state index contributed by atoms with van der Waals surface area (Å²) in [7, 11) is -1.90. The Morgan fingerprint density at radius 1 is 1.20 bits per heavy atom. The lowest BCUT2D eigenvalue weighted by Crippen LogP contribution is -2.50. The van der Waals surface area contributed by atoms with E-state index in [2.05, 4.69) is 46.0 Å². The molecule has 4 nitrogen and oxygen atoms in total. The molecule has 2 aliphatic heterocycles. The zero-order chi connectivity index (χ0) is 18.7. The summed E-state index contributed by atoms with van der Waals surface area (Å²) in [6.07, 6.45) is 9.37. The molecule has 0 saturated carbocycles. The second-order valence-electron chi connectivity index (χ2n) is 9.07. The largest absolute Gasteiger partial charge is 0.463 e. The number of ether oxygens (including phenoxy) is 2. The summed E-state index contributed by atoms with van der Waals surface area (Å²) in [6.45, 7) is 13.2. The lowest BCUT2D eigenvalue weighted by Gasteiger charge is -2.44. The van der Waals surface area contributed by atoms with Crippen molar-refractivity contribution in [2.45, 2.75) is 109 Å². The number of carbonyl (C=O) groups excluding carboxylic acids is 1. The first kappa shape index (κ1) is 20.7. The molecule has 0 spiro atoms. The molecule has 1 saturated heterocycles. The molecular weight excluding hydrogens is 332 g/mol. The van der Waals surface area contributed by atoms with Gasteiger partial charge >= 0.3 is 5.97 Å². The van der Waals surface area contributed by atoms with E-state index in [0.717, 1.165) is 32.1 Å². The molecule has 0 aromatic rings. The molecule has 2 rings (SSSR count). The predicted molar refractivity (Wildman–Crippen MR) is 103 cm³/mol. The summed E-state index contributed by atoms with van der Waals surface area (Å²) in [5.74, 6) is -0.161. The van der Waals surface area contributed by atoms with E-state index < -0.39 is 8.32 Å². The molecule has 0 radical (unpaired) electrons. The molecule has 25 heavy (non-hydrogen) atoms. The Kier molecular flexibility index (Phi) is 6.91. The molecule has 2 aliphatic rings. The van der Waals surface area contributed by atoms with Gasteiger partial charge in [0.25, 0.3) is 0 Å². The highest BCUT2D eigenvalue weighted by atomic mass is 28.4. The van der Waals surface area contributed by atoms with E-state index in [1.807, 2.05) is 6.92 Å². The molecule has 0 unspecified atom stereocenters. The predicted octanol–water partition coefficient (Wildman–Crippen LogP) is 4.99. The number of fused-ring (bicyclic) bond motifs is 2. The van der Waals surface area contributed by atoms with E-state index in [9.17, 15) is 4.79 Å². The van der Waals surface area contributed by atoms with Gasteiger partial charge in [-0.05, 0) is 57.2 Å². The second-order valence-corrected chi connectivity index (χ2v) is 13.8. The van der Waals surface area contributed by atoms with Crippen molar-refractivity contribution in [2.75, 3.05) is 0 Å². The first-order chi connectivity index (χ1) is 11.6. The number of hydrogen-bond donors (Lipinski definition) is 0. The highest BCUT2D eigenvalue weighted by Crippen LogP contribution is 2.39. The van der Waals surface area contributed by atoms with Crippen LogP contribution in [0, 0.1) is 0 Å². The van der Waals surface area contributed by atoms with Crippen molar-refractivity contribution < 1.29 is 18.7 Å². The fourth-order valence-corrected chi connectivity index (χ4v) is 4.55. The van der Waals surface area contributed by atoms with E-state index in [1.54, 1.807) is 0 Å². The maximum absolute atomic E-state index is 12.4. The monoisotopic (exact) mass is 368 g/mol. The first-order valence-corrected chi connectivity index (χ1v) is 12.7. The van der Waals surface area contributed by atoms with Gasteiger partial charge in [0.05, 0.1) is 30.8 Å². The minimum absolute atomic E-state index is 0.0173. The van der Waals surface area contributed by atoms with Crippen LogP contribution in [0.15, 0.2) is 12.2 Å². The van der Waals surface area contributed by atoms with Gasteiger partial charge < -0.3 is 13.9 Å². The normalized spacial score (nSPS) is 33.8. The molecular formula is C20H36O4Si. The summed E-state index contributed by atoms with van der Waals surface area (Å²) in [5, 5.41) is 0.143. The van der Waals surface area contributed by atoms with Gasteiger partial charge in [-0.1, -0.05) is 32.9 Å². The Morgan fingerprint density at radius 3 is 2.60 bits per heavy atom. The van der Waals surface area contributed by atoms with Crippen molar-refractivity contribution >= 4 is 14.3 Å². The third kappa shape index (κ3) is 5.93. The van der Waals surface area contributed by atoms with Gasteiger partial charge in [-0.15, -0.1) is 0 Å². The maximum atomic E-state index is 12.4. The van der Waals surface area contributed by atoms with Crippen LogP contribution in [0.25, 0.3) is 0 Å².